The Labute approximate surface area is 222 Å². The Bertz CT molecular complexity index is 2190. The van der Waals surface area contributed by atoms with E-state index in [2.05, 4.69) is 27.2 Å². The number of nitrogens with zero attached hydrogens (tertiary/aromatic N) is 3. The number of nitrogens with one attached hydrogen (secondary N) is 3. The van der Waals surface area contributed by atoms with Crippen LogP contribution in [-0.4, -0.2) is 9.91 Å². The molecule has 0 unspecified atom stereocenters. The van der Waals surface area contributed by atoms with E-state index in [1.807, 2.05) is 6.07 Å². The fourth-order valence-electron chi connectivity index (χ4n) is 4.48. The molecule has 5 N–H and O–H groups in total. The number of nitrogen functional groups attached to an aromatic ring is 1. The molecule has 0 saturated heterocycles. The van der Waals surface area contributed by atoms with Gasteiger partial charge < -0.3 is 11.1 Å². The predicted octanol–water partition coefficient (Wildman–Crippen LogP) is 2.13. The molecule has 2 aliphatic carbocycles. The lowest BCUT2D eigenvalue weighted by Gasteiger charge is -2.18. The van der Waals surface area contributed by atoms with Gasteiger partial charge in [-0.3, -0.25) is 40.1 Å². The zero-order valence-electron chi connectivity index (χ0n) is 20.6. The Morgan fingerprint density at radius 1 is 0.900 bits per heavy atom. The number of nitriles is 1. The zero-order valence-corrected chi connectivity index (χ0v) is 20.6. The Hall–Kier alpha value is -6.16. The summed E-state index contributed by atoms with van der Waals surface area (Å²) in [6.45, 7) is 1.60. The molecule has 0 radical (unpaired) electrons. The molecule has 0 amide bonds. The molecular formula is C27H17N7O6. The number of nitro benzene ring substituents is 1. The average Bonchev–Trinajstić information content (AvgIpc) is 2.93. The molecule has 1 aromatic heterocycles. The van der Waals surface area contributed by atoms with Crippen LogP contribution in [-0.2, 0) is 0 Å². The molecule has 0 spiro atoms. The van der Waals surface area contributed by atoms with Crippen molar-refractivity contribution < 1.29 is 4.92 Å². The topological polar surface area (TPSA) is 210 Å². The first-order chi connectivity index (χ1) is 19.1. The van der Waals surface area contributed by atoms with Crippen molar-refractivity contribution in [2.75, 3.05) is 21.9 Å². The minimum atomic E-state index is -1.11. The number of anilines is 5. The minimum absolute atomic E-state index is 0.0381. The first kappa shape index (κ1) is 25.5. The van der Waals surface area contributed by atoms with E-state index in [0.717, 1.165) is 18.2 Å². The molecule has 1 heterocycles. The van der Waals surface area contributed by atoms with Crippen molar-refractivity contribution in [1.29, 1.82) is 5.26 Å². The van der Waals surface area contributed by atoms with Gasteiger partial charge in [-0.25, -0.2) is 4.98 Å². The number of nitrogens with two attached hydrogens (primary N) is 1. The Kier molecular flexibility index (Phi) is 6.13. The summed E-state index contributed by atoms with van der Waals surface area (Å²) in [4.78, 5) is 66.6. The van der Waals surface area contributed by atoms with Crippen LogP contribution in [0.4, 0.5) is 34.4 Å². The molecule has 0 saturated carbocycles. The van der Waals surface area contributed by atoms with Gasteiger partial charge in [0, 0.05) is 11.8 Å². The van der Waals surface area contributed by atoms with Crippen LogP contribution in [0.2, 0.25) is 0 Å². The fraction of sp³-hybridized carbons (Fsp3) is 0.0370. The molecule has 5 rings (SSSR count). The predicted molar refractivity (Wildman–Crippen MR) is 148 cm³/mol. The molecule has 196 valence electrons. The van der Waals surface area contributed by atoms with Gasteiger partial charge in [0.1, 0.15) is 17.1 Å². The summed E-state index contributed by atoms with van der Waals surface area (Å²) in [5.74, 6) is 0.166. The van der Waals surface area contributed by atoms with Crippen molar-refractivity contribution in [2.24, 2.45) is 0 Å². The van der Waals surface area contributed by atoms with E-state index >= 15 is 0 Å². The summed E-state index contributed by atoms with van der Waals surface area (Å²) >= 11 is 0. The SMILES string of the molecule is Cc1c(C#N)c(Nc2ccccc2)nc(N)c1NNc1ccc([N+](=O)[O-])c2c(=O)c3c(=O)ccc(=O)c=3c(=O)c12. The monoisotopic (exact) mass is 535 g/mol. The van der Waals surface area contributed by atoms with Gasteiger partial charge in [-0.05, 0) is 42.8 Å². The third-order valence-electron chi connectivity index (χ3n) is 6.36. The molecule has 13 heteroatoms. The van der Waals surface area contributed by atoms with Crippen LogP contribution in [0.25, 0.3) is 10.8 Å². The normalized spacial score (nSPS) is 10.8. The Morgan fingerprint density at radius 3 is 2.12 bits per heavy atom. The highest BCUT2D eigenvalue weighted by Crippen LogP contribution is 2.32. The van der Waals surface area contributed by atoms with Gasteiger partial charge in [0.15, 0.2) is 22.5 Å². The quantitative estimate of drug-likeness (QED) is 0.182. The number of pyridine rings is 1. The maximum atomic E-state index is 13.4. The summed E-state index contributed by atoms with van der Waals surface area (Å²) in [6.07, 6.45) is 0. The largest absolute Gasteiger partial charge is 0.382 e. The number of hydrogen-bond donors (Lipinski definition) is 4. The molecule has 2 aromatic carbocycles. The maximum Gasteiger partial charge on any atom is 0.281 e. The third-order valence-corrected chi connectivity index (χ3v) is 6.36. The molecule has 0 bridgehead atoms. The van der Waals surface area contributed by atoms with E-state index in [-0.39, 0.29) is 28.6 Å². The van der Waals surface area contributed by atoms with Crippen molar-refractivity contribution in [3.63, 3.8) is 0 Å². The van der Waals surface area contributed by atoms with E-state index in [4.69, 9.17) is 5.73 Å². The van der Waals surface area contributed by atoms with Crippen LogP contribution in [0.15, 0.2) is 73.8 Å². The minimum Gasteiger partial charge on any atom is -0.382 e. The summed E-state index contributed by atoms with van der Waals surface area (Å²) in [5, 5.41) is 22.1. The fourth-order valence-corrected chi connectivity index (χ4v) is 4.48. The second-order valence-corrected chi connectivity index (χ2v) is 8.68. The van der Waals surface area contributed by atoms with Crippen LogP contribution < -0.4 is 43.6 Å². The van der Waals surface area contributed by atoms with E-state index in [1.54, 1.807) is 31.2 Å². The second-order valence-electron chi connectivity index (χ2n) is 8.68. The lowest BCUT2D eigenvalue weighted by Crippen LogP contribution is -2.29. The zero-order chi connectivity index (χ0) is 28.7. The Morgan fingerprint density at radius 2 is 1.52 bits per heavy atom. The molecule has 13 nitrogen and oxygen atoms in total. The second kappa shape index (κ2) is 9.62. The number of fused-ring (bicyclic) bond motifs is 1. The molecule has 40 heavy (non-hydrogen) atoms. The summed E-state index contributed by atoms with van der Waals surface area (Å²) in [5.41, 5.74) is 8.27. The molecule has 2 aliphatic rings. The van der Waals surface area contributed by atoms with E-state index in [1.165, 1.54) is 6.07 Å². The summed E-state index contributed by atoms with van der Waals surface area (Å²) in [7, 11) is 0. The van der Waals surface area contributed by atoms with Crippen LogP contribution in [0.1, 0.15) is 11.1 Å². The first-order valence-electron chi connectivity index (χ1n) is 11.6. The van der Waals surface area contributed by atoms with Gasteiger partial charge in [-0.2, -0.15) is 5.26 Å². The van der Waals surface area contributed by atoms with Crippen molar-refractivity contribution >= 4 is 45.2 Å². The van der Waals surface area contributed by atoms with Crippen LogP contribution >= 0.6 is 0 Å². The third kappa shape index (κ3) is 4.02. The van der Waals surface area contributed by atoms with Gasteiger partial charge in [0.25, 0.3) is 5.69 Å². The number of aromatic nitrogens is 1. The lowest BCUT2D eigenvalue weighted by atomic mass is 10.0. The van der Waals surface area contributed by atoms with Gasteiger partial charge in [-0.15, -0.1) is 0 Å². The van der Waals surface area contributed by atoms with Crippen molar-refractivity contribution in [1.82, 2.24) is 4.98 Å². The maximum absolute atomic E-state index is 13.4. The summed E-state index contributed by atoms with van der Waals surface area (Å²) in [6, 6.07) is 14.9. The van der Waals surface area contributed by atoms with Gasteiger partial charge in [0.05, 0.1) is 32.0 Å². The van der Waals surface area contributed by atoms with Gasteiger partial charge in [0.2, 0.25) is 10.9 Å². The number of hydrazine groups is 1. The van der Waals surface area contributed by atoms with Crippen molar-refractivity contribution in [3.05, 3.63) is 127 Å². The molecule has 0 atom stereocenters. The van der Waals surface area contributed by atoms with E-state index in [9.17, 15) is 34.6 Å². The van der Waals surface area contributed by atoms with Gasteiger partial charge in [-0.1, -0.05) is 18.2 Å². The van der Waals surface area contributed by atoms with Gasteiger partial charge >= 0.3 is 0 Å². The highest BCUT2D eigenvalue weighted by atomic mass is 16.6. The number of rotatable bonds is 6. The van der Waals surface area contributed by atoms with Crippen LogP contribution in [0.5, 0.6) is 0 Å². The standard InChI is InChI=1S/C27H17N7O6/c1-12-14(11-28)27(30-13-5-3-2-4-6-13)31-26(29)23(12)33-32-15-7-8-16(34(39)40)20-19(15)24(37)21-17(35)9-10-18(36)22(21)25(20)38/h2-10,32-33H,1H3,(H3,29,30,31). The molecule has 0 aliphatic heterocycles. The number of para-hydroxylation sites is 1. The van der Waals surface area contributed by atoms with E-state index < -0.39 is 53.5 Å². The Balaban J connectivity index is 1.67. The van der Waals surface area contributed by atoms with Crippen LogP contribution in [0.3, 0.4) is 0 Å². The smallest absolute Gasteiger partial charge is 0.281 e. The van der Waals surface area contributed by atoms with Crippen LogP contribution in [0, 0.1) is 38.8 Å². The molecular weight excluding hydrogens is 518 g/mol. The molecule has 3 aromatic rings. The molecule has 0 fully saturated rings. The first-order valence-corrected chi connectivity index (χ1v) is 11.6. The number of benzene rings is 2. The average molecular weight is 535 g/mol. The number of nitro groups is 1. The highest BCUT2D eigenvalue weighted by molar-refractivity contribution is 6.00. The number of non-ortho nitro benzene ring substituents is 1. The van der Waals surface area contributed by atoms with E-state index in [0.29, 0.717) is 11.3 Å². The van der Waals surface area contributed by atoms with Crippen molar-refractivity contribution in [3.8, 4) is 6.07 Å². The summed E-state index contributed by atoms with van der Waals surface area (Å²) < 4.78 is 0. The number of hydrogen-bond acceptors (Lipinski definition) is 12. The lowest BCUT2D eigenvalue weighted by molar-refractivity contribution is -0.383. The highest BCUT2D eigenvalue weighted by Gasteiger charge is 2.24. The van der Waals surface area contributed by atoms with Crippen molar-refractivity contribution in [2.45, 2.75) is 6.92 Å².